The number of carbonyl (C=O) groups is 1. The van der Waals surface area contributed by atoms with E-state index in [9.17, 15) is 9.18 Å². The number of carbonyl (C=O) groups excluding carboxylic acids is 1. The van der Waals surface area contributed by atoms with E-state index in [2.05, 4.69) is 0 Å². The molecule has 1 aliphatic rings. The SMILES string of the molecule is O=C(c1ccc(F)cc1)N1CC(CO)C1. The van der Waals surface area contributed by atoms with Gasteiger partial charge >= 0.3 is 0 Å². The van der Waals surface area contributed by atoms with E-state index in [1.807, 2.05) is 0 Å². The normalized spacial score (nSPS) is 16.3. The molecule has 1 saturated heterocycles. The molecule has 0 unspecified atom stereocenters. The zero-order valence-electron chi connectivity index (χ0n) is 8.19. The van der Waals surface area contributed by atoms with Gasteiger partial charge in [-0.2, -0.15) is 0 Å². The lowest BCUT2D eigenvalue weighted by Gasteiger charge is -2.38. The highest BCUT2D eigenvalue weighted by Gasteiger charge is 2.30. The highest BCUT2D eigenvalue weighted by molar-refractivity contribution is 5.94. The second-order valence-electron chi connectivity index (χ2n) is 3.77. The zero-order valence-corrected chi connectivity index (χ0v) is 8.19. The number of aliphatic hydroxyl groups excluding tert-OH is 1. The van der Waals surface area contributed by atoms with E-state index in [0.29, 0.717) is 18.7 Å². The number of nitrogens with zero attached hydrogens (tertiary/aromatic N) is 1. The van der Waals surface area contributed by atoms with Crippen molar-refractivity contribution in [2.24, 2.45) is 5.92 Å². The molecule has 15 heavy (non-hydrogen) atoms. The van der Waals surface area contributed by atoms with Crippen LogP contribution in [0.1, 0.15) is 10.4 Å². The van der Waals surface area contributed by atoms with Gasteiger partial charge in [-0.05, 0) is 24.3 Å². The summed E-state index contributed by atoms with van der Waals surface area (Å²) in [6, 6.07) is 5.50. The van der Waals surface area contributed by atoms with Crippen LogP contribution in [-0.4, -0.2) is 35.6 Å². The predicted molar refractivity (Wildman–Crippen MR) is 52.9 cm³/mol. The molecule has 2 rings (SSSR count). The quantitative estimate of drug-likeness (QED) is 0.785. The first-order chi connectivity index (χ1) is 7.20. The van der Waals surface area contributed by atoms with Crippen LogP contribution in [0.25, 0.3) is 0 Å². The Morgan fingerprint density at radius 3 is 2.53 bits per heavy atom. The van der Waals surface area contributed by atoms with E-state index >= 15 is 0 Å². The number of halogens is 1. The number of likely N-dealkylation sites (tertiary alicyclic amines) is 1. The van der Waals surface area contributed by atoms with E-state index in [4.69, 9.17) is 5.11 Å². The number of hydrogen-bond donors (Lipinski definition) is 1. The minimum atomic E-state index is -0.344. The number of benzene rings is 1. The molecule has 4 heteroatoms. The van der Waals surface area contributed by atoms with Gasteiger partial charge in [-0.1, -0.05) is 0 Å². The lowest BCUT2D eigenvalue weighted by molar-refractivity contribution is 0.0362. The Morgan fingerprint density at radius 1 is 1.40 bits per heavy atom. The average Bonchev–Trinajstić information content (AvgIpc) is 2.17. The van der Waals surface area contributed by atoms with Crippen molar-refractivity contribution < 1.29 is 14.3 Å². The molecular formula is C11H12FNO2. The summed E-state index contributed by atoms with van der Waals surface area (Å²) in [5.74, 6) is -0.238. The fourth-order valence-electron chi connectivity index (χ4n) is 1.63. The minimum absolute atomic E-state index is 0.0975. The average molecular weight is 209 g/mol. The molecule has 3 nitrogen and oxygen atoms in total. The van der Waals surface area contributed by atoms with Gasteiger partial charge < -0.3 is 10.0 Å². The molecule has 1 aromatic rings. The number of aliphatic hydroxyl groups is 1. The van der Waals surface area contributed by atoms with Crippen LogP contribution in [0.2, 0.25) is 0 Å². The van der Waals surface area contributed by atoms with Crippen molar-refractivity contribution in [3.8, 4) is 0 Å². The van der Waals surface area contributed by atoms with E-state index in [1.165, 1.54) is 24.3 Å². The van der Waals surface area contributed by atoms with Crippen molar-refractivity contribution in [2.75, 3.05) is 19.7 Å². The fraction of sp³-hybridized carbons (Fsp3) is 0.364. The van der Waals surface area contributed by atoms with E-state index in [-0.39, 0.29) is 24.2 Å². The molecular weight excluding hydrogens is 197 g/mol. The molecule has 0 atom stereocenters. The predicted octanol–water partition coefficient (Wildman–Crippen LogP) is 0.890. The van der Waals surface area contributed by atoms with Gasteiger partial charge in [0, 0.05) is 31.2 Å². The topological polar surface area (TPSA) is 40.5 Å². The summed E-state index contributed by atoms with van der Waals surface area (Å²) in [6.45, 7) is 1.30. The number of hydrogen-bond acceptors (Lipinski definition) is 2. The van der Waals surface area contributed by atoms with Crippen molar-refractivity contribution in [1.82, 2.24) is 4.90 Å². The Hall–Kier alpha value is -1.42. The lowest BCUT2D eigenvalue weighted by atomic mass is 10.00. The van der Waals surface area contributed by atoms with Crippen molar-refractivity contribution in [3.63, 3.8) is 0 Å². The Morgan fingerprint density at radius 2 is 2.00 bits per heavy atom. The molecule has 80 valence electrons. The largest absolute Gasteiger partial charge is 0.396 e. The van der Waals surface area contributed by atoms with Gasteiger partial charge in [-0.3, -0.25) is 4.79 Å². The van der Waals surface area contributed by atoms with Crippen LogP contribution in [0.3, 0.4) is 0 Å². The highest BCUT2D eigenvalue weighted by atomic mass is 19.1. The molecule has 1 N–H and O–H groups in total. The van der Waals surface area contributed by atoms with Crippen LogP contribution >= 0.6 is 0 Å². The Balaban J connectivity index is 2.00. The summed E-state index contributed by atoms with van der Waals surface area (Å²) in [4.78, 5) is 13.4. The Bertz CT molecular complexity index is 357. The fourth-order valence-corrected chi connectivity index (χ4v) is 1.63. The van der Waals surface area contributed by atoms with Gasteiger partial charge in [-0.15, -0.1) is 0 Å². The standard InChI is InChI=1S/C11H12FNO2/c12-10-3-1-9(2-4-10)11(15)13-5-8(6-13)7-14/h1-4,8,14H,5-7H2. The molecule has 0 aliphatic carbocycles. The molecule has 0 radical (unpaired) electrons. The monoisotopic (exact) mass is 209 g/mol. The first-order valence-corrected chi connectivity index (χ1v) is 4.86. The molecule has 0 saturated carbocycles. The number of amides is 1. The van der Waals surface area contributed by atoms with E-state index in [0.717, 1.165) is 0 Å². The molecule has 0 aromatic heterocycles. The first kappa shape index (κ1) is 10.1. The number of rotatable bonds is 2. The summed E-state index contributed by atoms with van der Waals surface area (Å²) >= 11 is 0. The van der Waals surface area contributed by atoms with E-state index in [1.54, 1.807) is 4.90 Å². The van der Waals surface area contributed by atoms with Crippen molar-refractivity contribution >= 4 is 5.91 Å². The highest BCUT2D eigenvalue weighted by Crippen LogP contribution is 2.18. The van der Waals surface area contributed by atoms with Crippen LogP contribution in [0.5, 0.6) is 0 Å². The zero-order chi connectivity index (χ0) is 10.8. The third-order valence-electron chi connectivity index (χ3n) is 2.59. The van der Waals surface area contributed by atoms with Crippen LogP contribution in [-0.2, 0) is 0 Å². The smallest absolute Gasteiger partial charge is 0.253 e. The van der Waals surface area contributed by atoms with Gasteiger partial charge in [0.1, 0.15) is 5.82 Å². The summed E-state index contributed by atoms with van der Waals surface area (Å²) < 4.78 is 12.6. The van der Waals surface area contributed by atoms with Crippen molar-refractivity contribution in [1.29, 1.82) is 0 Å². The van der Waals surface area contributed by atoms with Gasteiger partial charge in [0.15, 0.2) is 0 Å². The Labute approximate surface area is 87.1 Å². The van der Waals surface area contributed by atoms with Crippen LogP contribution in [0.4, 0.5) is 4.39 Å². The third-order valence-corrected chi connectivity index (χ3v) is 2.59. The maximum Gasteiger partial charge on any atom is 0.253 e. The molecule has 1 aliphatic heterocycles. The molecule has 1 amide bonds. The van der Waals surface area contributed by atoms with Gasteiger partial charge in [0.2, 0.25) is 0 Å². The van der Waals surface area contributed by atoms with E-state index < -0.39 is 0 Å². The second kappa shape index (κ2) is 3.98. The summed E-state index contributed by atoms with van der Waals surface area (Å²) in [5.41, 5.74) is 0.493. The molecule has 1 heterocycles. The third kappa shape index (κ3) is 1.99. The summed E-state index contributed by atoms with van der Waals surface area (Å²) in [6.07, 6.45) is 0. The second-order valence-corrected chi connectivity index (χ2v) is 3.77. The lowest BCUT2D eigenvalue weighted by Crippen LogP contribution is -2.51. The van der Waals surface area contributed by atoms with Crippen molar-refractivity contribution in [2.45, 2.75) is 0 Å². The van der Waals surface area contributed by atoms with Gasteiger partial charge in [0.25, 0.3) is 5.91 Å². The maximum atomic E-state index is 12.6. The van der Waals surface area contributed by atoms with Crippen LogP contribution < -0.4 is 0 Å². The van der Waals surface area contributed by atoms with Gasteiger partial charge in [-0.25, -0.2) is 4.39 Å². The first-order valence-electron chi connectivity index (χ1n) is 4.86. The van der Waals surface area contributed by atoms with Crippen molar-refractivity contribution in [3.05, 3.63) is 35.6 Å². The summed E-state index contributed by atoms with van der Waals surface area (Å²) in [5, 5.41) is 8.80. The molecule has 1 fully saturated rings. The minimum Gasteiger partial charge on any atom is -0.396 e. The Kier molecular flexibility index (Phi) is 2.68. The molecule has 1 aromatic carbocycles. The van der Waals surface area contributed by atoms with Crippen LogP contribution in [0, 0.1) is 11.7 Å². The van der Waals surface area contributed by atoms with Gasteiger partial charge in [0.05, 0.1) is 0 Å². The molecule has 0 bridgehead atoms. The van der Waals surface area contributed by atoms with Crippen LogP contribution in [0.15, 0.2) is 24.3 Å². The molecule has 0 spiro atoms. The summed E-state index contributed by atoms with van der Waals surface area (Å²) in [7, 11) is 0. The maximum absolute atomic E-state index is 12.6.